The molecule has 3 aromatic rings. The second-order valence-corrected chi connectivity index (χ2v) is 12.6. The van der Waals surface area contributed by atoms with E-state index < -0.39 is 23.7 Å². The summed E-state index contributed by atoms with van der Waals surface area (Å²) in [7, 11) is 0. The summed E-state index contributed by atoms with van der Waals surface area (Å²) in [4.78, 5) is 44.0. The SMILES string of the molecule is CC(C)C[C@@H]1C(=O)N[C@H](C2Cc3ccccc3C2)C(=O)N1[C@@H](C(=O)NC(C)(C)C)c1cccc(-c2ccn[nH]2)c1. The Morgan fingerprint density at radius 1 is 1.05 bits per heavy atom. The molecule has 3 atom stereocenters. The van der Waals surface area contributed by atoms with Gasteiger partial charge >= 0.3 is 0 Å². The molecule has 0 bridgehead atoms. The standard InChI is InChI=1S/C32H39N5O3/c1-19(2)15-26-29(38)34-27(24-16-20-9-6-7-10-21(20)17-24)31(40)37(26)28(30(39)35-32(3,4)5)23-12-8-11-22(18-23)25-13-14-33-36-25/h6-14,18-19,24,26-28H,15-17H2,1-5H3,(H,33,36)(H,34,38)(H,35,39)/t26-,27-,28-/m1/s1. The third kappa shape index (κ3) is 5.67. The van der Waals surface area contributed by atoms with Crippen LogP contribution in [-0.4, -0.2) is 50.4 Å². The van der Waals surface area contributed by atoms with E-state index in [2.05, 4.69) is 33.0 Å². The number of hydrogen-bond donors (Lipinski definition) is 3. The molecular weight excluding hydrogens is 502 g/mol. The van der Waals surface area contributed by atoms with Crippen LogP contribution in [0.5, 0.6) is 0 Å². The van der Waals surface area contributed by atoms with Gasteiger partial charge < -0.3 is 15.5 Å². The van der Waals surface area contributed by atoms with Crippen molar-refractivity contribution in [2.24, 2.45) is 11.8 Å². The zero-order valence-corrected chi connectivity index (χ0v) is 23.9. The first kappa shape index (κ1) is 27.6. The van der Waals surface area contributed by atoms with Crippen molar-refractivity contribution >= 4 is 17.7 Å². The number of rotatable bonds is 7. The van der Waals surface area contributed by atoms with E-state index >= 15 is 0 Å². The minimum Gasteiger partial charge on any atom is -0.349 e. The molecule has 40 heavy (non-hydrogen) atoms. The molecule has 1 fully saturated rings. The first-order chi connectivity index (χ1) is 19.0. The van der Waals surface area contributed by atoms with Gasteiger partial charge in [-0.25, -0.2) is 0 Å². The number of aromatic amines is 1. The lowest BCUT2D eigenvalue weighted by molar-refractivity contribution is -0.158. The molecule has 0 unspecified atom stereocenters. The summed E-state index contributed by atoms with van der Waals surface area (Å²) < 4.78 is 0. The largest absolute Gasteiger partial charge is 0.349 e. The van der Waals surface area contributed by atoms with Crippen LogP contribution in [-0.2, 0) is 27.2 Å². The van der Waals surface area contributed by atoms with Crippen LogP contribution in [0.3, 0.4) is 0 Å². The maximum absolute atomic E-state index is 14.5. The van der Waals surface area contributed by atoms with Crippen molar-refractivity contribution in [1.82, 2.24) is 25.7 Å². The average Bonchev–Trinajstić information content (AvgIpc) is 3.57. The maximum atomic E-state index is 14.5. The lowest BCUT2D eigenvalue weighted by atomic mass is 9.87. The molecule has 1 saturated heterocycles. The van der Waals surface area contributed by atoms with Crippen molar-refractivity contribution in [3.63, 3.8) is 0 Å². The Morgan fingerprint density at radius 2 is 1.75 bits per heavy atom. The molecule has 1 aliphatic carbocycles. The Kier molecular flexibility index (Phi) is 7.53. The number of benzene rings is 2. The molecule has 2 aliphatic rings. The zero-order valence-electron chi connectivity index (χ0n) is 23.9. The smallest absolute Gasteiger partial charge is 0.247 e. The quantitative estimate of drug-likeness (QED) is 0.417. The highest BCUT2D eigenvalue weighted by Gasteiger charge is 2.49. The molecule has 8 nitrogen and oxygen atoms in total. The molecule has 8 heteroatoms. The summed E-state index contributed by atoms with van der Waals surface area (Å²) in [6.07, 6.45) is 3.55. The zero-order chi connectivity index (χ0) is 28.6. The predicted molar refractivity (Wildman–Crippen MR) is 154 cm³/mol. The Labute approximate surface area is 235 Å². The molecule has 0 radical (unpaired) electrons. The fraction of sp³-hybridized carbons (Fsp3) is 0.438. The number of H-pyrrole nitrogens is 1. The van der Waals surface area contributed by atoms with Gasteiger partial charge in [0.05, 0.1) is 5.69 Å². The molecule has 3 N–H and O–H groups in total. The molecule has 210 valence electrons. The fourth-order valence-electron chi connectivity index (χ4n) is 6.04. The molecule has 1 aromatic heterocycles. The lowest BCUT2D eigenvalue weighted by Gasteiger charge is -2.45. The van der Waals surface area contributed by atoms with E-state index in [-0.39, 0.29) is 29.6 Å². The molecule has 1 aliphatic heterocycles. The van der Waals surface area contributed by atoms with Crippen molar-refractivity contribution in [1.29, 1.82) is 0 Å². The summed E-state index contributed by atoms with van der Waals surface area (Å²) in [5, 5.41) is 13.2. The van der Waals surface area contributed by atoms with Crippen LogP contribution in [0.4, 0.5) is 0 Å². The second kappa shape index (κ2) is 10.9. The summed E-state index contributed by atoms with van der Waals surface area (Å²) >= 11 is 0. The van der Waals surface area contributed by atoms with Crippen molar-refractivity contribution in [2.45, 2.75) is 77.5 Å². The third-order valence-electron chi connectivity index (χ3n) is 7.74. The van der Waals surface area contributed by atoms with Crippen LogP contribution in [0, 0.1) is 11.8 Å². The molecule has 0 saturated carbocycles. The van der Waals surface area contributed by atoms with E-state index in [1.807, 2.05) is 77.1 Å². The number of nitrogens with one attached hydrogen (secondary N) is 3. The lowest BCUT2D eigenvalue weighted by Crippen LogP contribution is -2.67. The Morgan fingerprint density at radius 3 is 2.35 bits per heavy atom. The summed E-state index contributed by atoms with van der Waals surface area (Å²) in [6, 6.07) is 15.2. The van der Waals surface area contributed by atoms with Crippen molar-refractivity contribution in [3.8, 4) is 11.3 Å². The molecule has 2 heterocycles. The van der Waals surface area contributed by atoms with E-state index in [1.165, 1.54) is 11.1 Å². The first-order valence-corrected chi connectivity index (χ1v) is 14.1. The number of piperazine rings is 1. The highest BCUT2D eigenvalue weighted by atomic mass is 16.2. The number of hydrogen-bond acceptors (Lipinski definition) is 4. The van der Waals surface area contributed by atoms with Gasteiger partial charge in [0.2, 0.25) is 17.7 Å². The highest BCUT2D eigenvalue weighted by molar-refractivity contribution is 6.00. The summed E-state index contributed by atoms with van der Waals surface area (Å²) in [5.74, 6) is -0.642. The van der Waals surface area contributed by atoms with Gasteiger partial charge in [0.1, 0.15) is 18.1 Å². The molecule has 2 aromatic carbocycles. The highest BCUT2D eigenvalue weighted by Crippen LogP contribution is 2.36. The topological polar surface area (TPSA) is 107 Å². The summed E-state index contributed by atoms with van der Waals surface area (Å²) in [6.45, 7) is 9.80. The van der Waals surface area contributed by atoms with Gasteiger partial charge in [-0.15, -0.1) is 0 Å². The van der Waals surface area contributed by atoms with E-state index in [4.69, 9.17) is 0 Å². The number of carbonyl (C=O) groups is 3. The normalized spacial score (nSPS) is 20.4. The summed E-state index contributed by atoms with van der Waals surface area (Å²) in [5.41, 5.74) is 4.19. The number of fused-ring (bicyclic) bond motifs is 1. The van der Waals surface area contributed by atoms with Gasteiger partial charge in [-0.2, -0.15) is 5.10 Å². The van der Waals surface area contributed by atoms with Gasteiger partial charge in [0, 0.05) is 11.7 Å². The van der Waals surface area contributed by atoms with E-state index in [9.17, 15) is 14.4 Å². The molecule has 3 amide bonds. The minimum absolute atomic E-state index is 0.0704. The van der Waals surface area contributed by atoms with E-state index in [0.29, 0.717) is 24.8 Å². The van der Waals surface area contributed by atoms with Crippen LogP contribution in [0.15, 0.2) is 60.8 Å². The molecule has 0 spiro atoms. The number of amides is 3. The van der Waals surface area contributed by atoms with Crippen molar-refractivity contribution in [2.75, 3.05) is 0 Å². The third-order valence-corrected chi connectivity index (χ3v) is 7.74. The Bertz CT molecular complexity index is 1370. The van der Waals surface area contributed by atoms with Gasteiger partial charge in [0.25, 0.3) is 0 Å². The molecule has 5 rings (SSSR count). The molecular formula is C32H39N5O3. The number of nitrogens with zero attached hydrogens (tertiary/aromatic N) is 2. The second-order valence-electron chi connectivity index (χ2n) is 12.6. The number of carbonyl (C=O) groups excluding carboxylic acids is 3. The Balaban J connectivity index is 1.58. The van der Waals surface area contributed by atoms with Crippen LogP contribution >= 0.6 is 0 Å². The fourth-order valence-corrected chi connectivity index (χ4v) is 6.04. The van der Waals surface area contributed by atoms with Crippen LogP contribution < -0.4 is 10.6 Å². The van der Waals surface area contributed by atoms with Crippen LogP contribution in [0.25, 0.3) is 11.3 Å². The van der Waals surface area contributed by atoms with E-state index in [0.717, 1.165) is 11.3 Å². The van der Waals surface area contributed by atoms with Gasteiger partial charge in [-0.1, -0.05) is 56.3 Å². The van der Waals surface area contributed by atoms with Crippen LogP contribution in [0.1, 0.15) is 63.8 Å². The Hall–Kier alpha value is -3.94. The van der Waals surface area contributed by atoms with Gasteiger partial charge in [-0.05, 0) is 86.3 Å². The van der Waals surface area contributed by atoms with Crippen LogP contribution in [0.2, 0.25) is 0 Å². The maximum Gasteiger partial charge on any atom is 0.247 e. The predicted octanol–water partition coefficient (Wildman–Crippen LogP) is 4.19. The van der Waals surface area contributed by atoms with Gasteiger partial charge in [-0.3, -0.25) is 19.5 Å². The van der Waals surface area contributed by atoms with Crippen molar-refractivity contribution in [3.05, 3.63) is 77.5 Å². The average molecular weight is 542 g/mol. The van der Waals surface area contributed by atoms with Crippen molar-refractivity contribution < 1.29 is 14.4 Å². The van der Waals surface area contributed by atoms with E-state index in [1.54, 1.807) is 11.1 Å². The van der Waals surface area contributed by atoms with Gasteiger partial charge in [0.15, 0.2) is 0 Å². The first-order valence-electron chi connectivity index (χ1n) is 14.1. The minimum atomic E-state index is -0.976. The number of aromatic nitrogens is 2. The monoisotopic (exact) mass is 541 g/mol.